The van der Waals surface area contributed by atoms with Crippen LogP contribution in [0.3, 0.4) is 0 Å². The molecule has 1 saturated heterocycles. The summed E-state index contributed by atoms with van der Waals surface area (Å²) >= 11 is 0. The molecule has 0 unspecified atom stereocenters. The number of hydrogen-bond donors (Lipinski definition) is 1. The van der Waals surface area contributed by atoms with Gasteiger partial charge >= 0.3 is 6.03 Å². The van der Waals surface area contributed by atoms with Crippen LogP contribution in [0.4, 0.5) is 10.5 Å². The molecule has 2 aromatic rings. The lowest BCUT2D eigenvalue weighted by molar-refractivity contribution is 0.147. The Morgan fingerprint density at radius 3 is 2.32 bits per heavy atom. The molecule has 0 radical (unpaired) electrons. The van der Waals surface area contributed by atoms with E-state index in [1.807, 2.05) is 0 Å². The molecule has 1 N–H and O–H groups in total. The number of benzene rings is 1. The highest BCUT2D eigenvalue weighted by atomic mass is 16.5. The first kappa shape index (κ1) is 16.9. The highest BCUT2D eigenvalue weighted by Gasteiger charge is 2.35. The number of urea groups is 1. The Kier molecular flexibility index (Phi) is 4.64. The number of aryl methyl sites for hydroxylation is 1. The molecular weight excluding hydrogens is 328 g/mol. The second kappa shape index (κ2) is 6.88. The summed E-state index contributed by atoms with van der Waals surface area (Å²) in [6.45, 7) is 2.82. The minimum absolute atomic E-state index is 0.0758. The fourth-order valence-corrected chi connectivity index (χ4v) is 2.64. The van der Waals surface area contributed by atoms with Gasteiger partial charge in [0.2, 0.25) is 11.6 Å². The van der Waals surface area contributed by atoms with Crippen molar-refractivity contribution in [3.8, 4) is 17.2 Å². The van der Waals surface area contributed by atoms with Crippen LogP contribution in [-0.4, -0.2) is 55.5 Å². The van der Waals surface area contributed by atoms with Gasteiger partial charge in [0.15, 0.2) is 17.3 Å². The van der Waals surface area contributed by atoms with Crippen LogP contribution < -0.4 is 19.5 Å². The van der Waals surface area contributed by atoms with Gasteiger partial charge in [-0.05, 0) is 6.92 Å². The third-order valence-corrected chi connectivity index (χ3v) is 3.98. The quantitative estimate of drug-likeness (QED) is 0.882. The average molecular weight is 348 g/mol. The molecule has 1 aliphatic heterocycles. The maximum absolute atomic E-state index is 12.4. The Bertz CT molecular complexity index is 745. The largest absolute Gasteiger partial charge is 0.493 e. The zero-order chi connectivity index (χ0) is 18.0. The Morgan fingerprint density at radius 2 is 1.84 bits per heavy atom. The van der Waals surface area contributed by atoms with Crippen molar-refractivity contribution in [3.05, 3.63) is 23.8 Å². The van der Waals surface area contributed by atoms with Crippen molar-refractivity contribution in [1.82, 2.24) is 15.0 Å². The molecule has 0 aliphatic carbocycles. The fourth-order valence-electron chi connectivity index (χ4n) is 2.64. The molecule has 134 valence electrons. The summed E-state index contributed by atoms with van der Waals surface area (Å²) in [5.41, 5.74) is 0.552. The molecule has 25 heavy (non-hydrogen) atoms. The van der Waals surface area contributed by atoms with Gasteiger partial charge in [-0.15, -0.1) is 0 Å². The van der Waals surface area contributed by atoms with E-state index in [1.165, 1.54) is 21.3 Å². The lowest BCUT2D eigenvalue weighted by Crippen LogP contribution is -2.50. The van der Waals surface area contributed by atoms with Crippen LogP contribution in [0.25, 0.3) is 0 Å². The topological polar surface area (TPSA) is 99.0 Å². The van der Waals surface area contributed by atoms with E-state index < -0.39 is 0 Å². The van der Waals surface area contributed by atoms with Crippen molar-refractivity contribution >= 4 is 11.7 Å². The van der Waals surface area contributed by atoms with Gasteiger partial charge in [0.25, 0.3) is 0 Å². The molecule has 0 atom stereocenters. The van der Waals surface area contributed by atoms with Gasteiger partial charge in [-0.1, -0.05) is 5.16 Å². The van der Waals surface area contributed by atoms with E-state index in [-0.39, 0.29) is 11.9 Å². The van der Waals surface area contributed by atoms with Gasteiger partial charge in [0, 0.05) is 25.2 Å². The summed E-state index contributed by atoms with van der Waals surface area (Å²) in [5.74, 6) is 2.65. The van der Waals surface area contributed by atoms with Gasteiger partial charge in [0.1, 0.15) is 0 Å². The number of anilines is 1. The number of ether oxygens (including phenoxy) is 3. The predicted molar refractivity (Wildman–Crippen MR) is 88.5 cm³/mol. The molecular formula is C16H20N4O5. The minimum Gasteiger partial charge on any atom is -0.493 e. The standard InChI is InChI=1S/C16H20N4O5/c1-9-17-15(25-19-9)10-7-20(8-10)16(21)18-11-5-12(22-2)14(24-4)13(6-11)23-3/h5-6,10H,7-8H2,1-4H3,(H,18,21). The SMILES string of the molecule is COc1cc(NC(=O)N2CC(c3nc(C)no3)C2)cc(OC)c1OC. The van der Waals surface area contributed by atoms with Gasteiger partial charge in [-0.3, -0.25) is 0 Å². The number of nitrogens with one attached hydrogen (secondary N) is 1. The number of amides is 2. The van der Waals surface area contributed by atoms with E-state index in [2.05, 4.69) is 15.5 Å². The normalized spacial score (nSPS) is 14.0. The number of likely N-dealkylation sites (tertiary alicyclic amines) is 1. The van der Waals surface area contributed by atoms with Crippen LogP contribution in [0.2, 0.25) is 0 Å². The van der Waals surface area contributed by atoms with Crippen LogP contribution in [-0.2, 0) is 0 Å². The number of carbonyl (C=O) groups excluding carboxylic acids is 1. The van der Waals surface area contributed by atoms with E-state index in [0.29, 0.717) is 47.7 Å². The molecule has 0 saturated carbocycles. The summed E-state index contributed by atoms with van der Waals surface area (Å²) in [4.78, 5) is 18.2. The molecule has 2 amide bonds. The average Bonchev–Trinajstić information content (AvgIpc) is 2.98. The maximum atomic E-state index is 12.4. The third kappa shape index (κ3) is 3.30. The van der Waals surface area contributed by atoms with Crippen molar-refractivity contribution in [2.24, 2.45) is 0 Å². The van der Waals surface area contributed by atoms with Crippen molar-refractivity contribution in [2.75, 3.05) is 39.7 Å². The second-order valence-electron chi connectivity index (χ2n) is 5.63. The van der Waals surface area contributed by atoms with E-state index >= 15 is 0 Å². The lowest BCUT2D eigenvalue weighted by atomic mass is 10.0. The van der Waals surface area contributed by atoms with Gasteiger partial charge in [0.05, 0.1) is 32.9 Å². The fraction of sp³-hybridized carbons (Fsp3) is 0.438. The summed E-state index contributed by atoms with van der Waals surface area (Å²) in [6.07, 6.45) is 0. The van der Waals surface area contributed by atoms with Crippen LogP contribution in [0.15, 0.2) is 16.7 Å². The van der Waals surface area contributed by atoms with E-state index in [4.69, 9.17) is 18.7 Å². The van der Waals surface area contributed by atoms with E-state index in [0.717, 1.165) is 0 Å². The first-order valence-electron chi connectivity index (χ1n) is 7.71. The van der Waals surface area contributed by atoms with E-state index in [1.54, 1.807) is 24.0 Å². The molecule has 1 aliphatic rings. The van der Waals surface area contributed by atoms with Gasteiger partial charge in [-0.2, -0.15) is 4.98 Å². The van der Waals surface area contributed by atoms with Crippen LogP contribution in [0.1, 0.15) is 17.6 Å². The minimum atomic E-state index is -0.221. The summed E-state index contributed by atoms with van der Waals surface area (Å²) in [6, 6.07) is 3.14. The Hall–Kier alpha value is -2.97. The molecule has 1 aromatic carbocycles. The summed E-state index contributed by atoms with van der Waals surface area (Å²) in [7, 11) is 4.57. The van der Waals surface area contributed by atoms with Crippen molar-refractivity contribution in [1.29, 1.82) is 0 Å². The van der Waals surface area contributed by atoms with Crippen LogP contribution in [0.5, 0.6) is 17.2 Å². The molecule has 9 nitrogen and oxygen atoms in total. The molecule has 0 bridgehead atoms. The first-order chi connectivity index (χ1) is 12.0. The molecule has 1 fully saturated rings. The van der Waals surface area contributed by atoms with Crippen molar-refractivity contribution in [2.45, 2.75) is 12.8 Å². The van der Waals surface area contributed by atoms with Crippen molar-refractivity contribution in [3.63, 3.8) is 0 Å². The number of nitrogens with zero attached hydrogens (tertiary/aromatic N) is 3. The zero-order valence-electron chi connectivity index (χ0n) is 14.5. The van der Waals surface area contributed by atoms with Gasteiger partial charge in [-0.25, -0.2) is 4.79 Å². The highest BCUT2D eigenvalue weighted by Crippen LogP contribution is 2.40. The molecule has 3 rings (SSSR count). The first-order valence-corrected chi connectivity index (χ1v) is 7.71. The molecule has 2 heterocycles. The van der Waals surface area contributed by atoms with Crippen LogP contribution >= 0.6 is 0 Å². The van der Waals surface area contributed by atoms with Crippen molar-refractivity contribution < 1.29 is 23.5 Å². The Morgan fingerprint density at radius 1 is 1.20 bits per heavy atom. The smallest absolute Gasteiger partial charge is 0.321 e. The predicted octanol–water partition coefficient (Wildman–Crippen LogP) is 2.04. The monoisotopic (exact) mass is 348 g/mol. The molecule has 0 spiro atoms. The summed E-state index contributed by atoms with van der Waals surface area (Å²) < 4.78 is 21.0. The van der Waals surface area contributed by atoms with Gasteiger partial charge < -0.3 is 29.0 Å². The molecule has 9 heteroatoms. The Balaban J connectivity index is 1.66. The highest BCUT2D eigenvalue weighted by molar-refractivity contribution is 5.91. The second-order valence-corrected chi connectivity index (χ2v) is 5.63. The number of rotatable bonds is 5. The zero-order valence-corrected chi connectivity index (χ0v) is 14.5. The number of hydrogen-bond acceptors (Lipinski definition) is 7. The number of carbonyl (C=O) groups is 1. The number of aromatic nitrogens is 2. The van der Waals surface area contributed by atoms with Crippen LogP contribution in [0, 0.1) is 6.92 Å². The third-order valence-electron chi connectivity index (χ3n) is 3.98. The lowest BCUT2D eigenvalue weighted by Gasteiger charge is -2.36. The maximum Gasteiger partial charge on any atom is 0.321 e. The molecule has 1 aromatic heterocycles. The Labute approximate surface area is 144 Å². The summed E-state index contributed by atoms with van der Waals surface area (Å²) in [5, 5.41) is 6.59. The van der Waals surface area contributed by atoms with E-state index in [9.17, 15) is 4.79 Å². The number of methoxy groups -OCH3 is 3.